The molecule has 2 atom stereocenters. The molecule has 0 unspecified atom stereocenters. The lowest BCUT2D eigenvalue weighted by Crippen LogP contribution is -2.58. The third-order valence-corrected chi connectivity index (χ3v) is 7.84. The summed E-state index contributed by atoms with van der Waals surface area (Å²) < 4.78 is 32.8. The number of nitrogens with one attached hydrogen (secondary N) is 1. The van der Waals surface area contributed by atoms with Crippen molar-refractivity contribution >= 4 is 45.1 Å². The second-order valence-corrected chi connectivity index (χ2v) is 10.8. The van der Waals surface area contributed by atoms with Gasteiger partial charge in [0.1, 0.15) is 11.8 Å². The van der Waals surface area contributed by atoms with Crippen LogP contribution in [0, 0.1) is 0 Å². The third-order valence-electron chi connectivity index (χ3n) is 5.52. The highest BCUT2D eigenvalue weighted by atomic mass is 35.5. The normalized spacial score (nSPS) is 19.4. The van der Waals surface area contributed by atoms with E-state index < -0.39 is 34.0 Å². The van der Waals surface area contributed by atoms with Gasteiger partial charge >= 0.3 is 5.97 Å². The van der Waals surface area contributed by atoms with Gasteiger partial charge in [0.25, 0.3) is 0 Å². The van der Waals surface area contributed by atoms with Gasteiger partial charge in [0.05, 0.1) is 23.5 Å². The van der Waals surface area contributed by atoms with E-state index in [2.05, 4.69) is 5.32 Å². The highest BCUT2D eigenvalue weighted by molar-refractivity contribution is 7.89. The molecule has 1 aliphatic heterocycles. The van der Waals surface area contributed by atoms with Crippen LogP contribution in [-0.4, -0.2) is 48.4 Å². The largest absolute Gasteiger partial charge is 0.490 e. The molecule has 4 rings (SSSR count). The van der Waals surface area contributed by atoms with Crippen LogP contribution in [0.4, 0.5) is 0 Å². The number of carboxylic acids is 1. The van der Waals surface area contributed by atoms with Crippen molar-refractivity contribution in [3.05, 3.63) is 58.1 Å². The third kappa shape index (κ3) is 5.60. The Kier molecular flexibility index (Phi) is 6.86. The van der Waals surface area contributed by atoms with E-state index in [1.165, 1.54) is 18.2 Å². The van der Waals surface area contributed by atoms with Gasteiger partial charge in [0.15, 0.2) is 0 Å². The van der Waals surface area contributed by atoms with Crippen molar-refractivity contribution in [2.45, 2.75) is 48.8 Å². The maximum Gasteiger partial charge on any atom is 0.305 e. The number of carboxylic acid groups (broad SMARTS) is 1. The first-order valence-electron chi connectivity index (χ1n) is 10.4. The Balaban J connectivity index is 1.48. The number of rotatable bonds is 9. The van der Waals surface area contributed by atoms with Gasteiger partial charge in [-0.25, -0.2) is 8.42 Å². The topological polar surface area (TPSA) is 113 Å². The van der Waals surface area contributed by atoms with E-state index in [4.69, 9.17) is 27.9 Å². The molecule has 8 nitrogen and oxygen atoms in total. The molecule has 2 aliphatic rings. The molecular formula is C22H22Cl2N2O6S. The summed E-state index contributed by atoms with van der Waals surface area (Å²) in [5, 5.41) is 12.4. The van der Waals surface area contributed by atoms with Crippen LogP contribution in [0.25, 0.3) is 0 Å². The molecular weight excluding hydrogens is 491 g/mol. The number of nitrogens with zero attached hydrogens (tertiary/aromatic N) is 1. The average molecular weight is 513 g/mol. The summed E-state index contributed by atoms with van der Waals surface area (Å²) in [6.07, 6.45) is 2.22. The molecule has 2 fully saturated rings. The lowest BCUT2D eigenvalue weighted by Gasteiger charge is -2.39. The molecule has 0 bridgehead atoms. The van der Waals surface area contributed by atoms with Gasteiger partial charge in [0, 0.05) is 16.6 Å². The number of carbonyl (C=O) groups excluding carboxylic acids is 1. The molecule has 1 amide bonds. The van der Waals surface area contributed by atoms with Crippen molar-refractivity contribution in [1.82, 2.24) is 9.62 Å². The summed E-state index contributed by atoms with van der Waals surface area (Å²) in [6.45, 7) is 0.154. The van der Waals surface area contributed by atoms with Crippen LogP contribution in [0.1, 0.15) is 37.3 Å². The van der Waals surface area contributed by atoms with Gasteiger partial charge in [0.2, 0.25) is 15.9 Å². The lowest BCUT2D eigenvalue weighted by molar-refractivity contribution is -0.138. The fraction of sp³-hybridized carbons (Fsp3) is 0.364. The molecule has 1 saturated carbocycles. The smallest absolute Gasteiger partial charge is 0.305 e. The fourth-order valence-electron chi connectivity index (χ4n) is 3.58. The second kappa shape index (κ2) is 9.50. The van der Waals surface area contributed by atoms with Crippen LogP contribution in [0.15, 0.2) is 47.4 Å². The lowest BCUT2D eigenvalue weighted by atomic mass is 10.0. The molecule has 0 radical (unpaired) electrons. The van der Waals surface area contributed by atoms with Crippen LogP contribution in [0.3, 0.4) is 0 Å². The summed E-state index contributed by atoms with van der Waals surface area (Å²) in [5.74, 6) is -0.981. The number of benzene rings is 2. The highest BCUT2D eigenvalue weighted by Gasteiger charge is 2.43. The minimum Gasteiger partial charge on any atom is -0.490 e. The number of carbonyl (C=O) groups is 2. The quantitative estimate of drug-likeness (QED) is 0.530. The summed E-state index contributed by atoms with van der Waals surface area (Å²) in [5.41, 5.74) is 0.587. The molecule has 0 spiro atoms. The Morgan fingerprint density at radius 1 is 1.09 bits per heavy atom. The Hall–Kier alpha value is -2.33. The van der Waals surface area contributed by atoms with Crippen LogP contribution in [0.5, 0.6) is 5.75 Å². The zero-order chi connectivity index (χ0) is 23.8. The maximum atomic E-state index is 13.0. The van der Waals surface area contributed by atoms with Gasteiger partial charge in [-0.15, -0.1) is 0 Å². The molecule has 176 valence electrons. The molecule has 2 N–H and O–H groups in total. The molecule has 1 aliphatic carbocycles. The van der Waals surface area contributed by atoms with Crippen molar-refractivity contribution in [3.63, 3.8) is 0 Å². The van der Waals surface area contributed by atoms with Crippen molar-refractivity contribution in [1.29, 1.82) is 0 Å². The Morgan fingerprint density at radius 3 is 2.24 bits per heavy atom. The molecule has 1 saturated heterocycles. The Bertz CT molecular complexity index is 1150. The highest BCUT2D eigenvalue weighted by Crippen LogP contribution is 2.32. The van der Waals surface area contributed by atoms with Gasteiger partial charge in [-0.2, -0.15) is 4.31 Å². The number of hydrogen-bond donors (Lipinski definition) is 2. The fourth-order valence-corrected chi connectivity index (χ4v) is 5.94. The SMILES string of the molecule is O=C(O)C[C@@H](NC(=O)[C@@H]1CCN1S(=O)(=O)c1cc(Cl)cc(Cl)c1)c1ccc(OC2CC2)cc1. The maximum absolute atomic E-state index is 13.0. The number of hydrogen-bond acceptors (Lipinski definition) is 5. The second-order valence-electron chi connectivity index (χ2n) is 8.07. The van der Waals surface area contributed by atoms with E-state index in [-0.39, 0.29) is 34.0 Å². The van der Waals surface area contributed by atoms with Crippen molar-refractivity contribution < 1.29 is 27.9 Å². The van der Waals surface area contributed by atoms with E-state index in [0.717, 1.165) is 17.1 Å². The van der Waals surface area contributed by atoms with Crippen LogP contribution in [0.2, 0.25) is 10.0 Å². The Morgan fingerprint density at radius 2 is 1.73 bits per heavy atom. The van der Waals surface area contributed by atoms with E-state index in [0.29, 0.717) is 17.7 Å². The van der Waals surface area contributed by atoms with Gasteiger partial charge < -0.3 is 15.2 Å². The standard InChI is InChI=1S/C22H22Cl2N2O6S/c23-14-9-15(24)11-18(10-14)33(30,31)26-8-7-20(26)22(29)25-19(12-21(27)28)13-1-3-16(4-2-13)32-17-5-6-17/h1-4,9-11,17,19-20H,5-8,12H2,(H,25,29)(H,27,28)/t19-,20+/m1/s1. The first-order chi connectivity index (χ1) is 15.6. The van der Waals surface area contributed by atoms with Gasteiger partial charge in [-0.05, 0) is 55.2 Å². The zero-order valence-corrected chi connectivity index (χ0v) is 19.7. The molecule has 33 heavy (non-hydrogen) atoms. The van der Waals surface area contributed by atoms with Crippen molar-refractivity contribution in [3.8, 4) is 5.75 Å². The molecule has 11 heteroatoms. The van der Waals surface area contributed by atoms with E-state index in [1.807, 2.05) is 0 Å². The van der Waals surface area contributed by atoms with E-state index >= 15 is 0 Å². The summed E-state index contributed by atoms with van der Waals surface area (Å²) >= 11 is 11.9. The predicted molar refractivity (Wildman–Crippen MR) is 122 cm³/mol. The van der Waals surface area contributed by atoms with Crippen LogP contribution >= 0.6 is 23.2 Å². The van der Waals surface area contributed by atoms with E-state index in [9.17, 15) is 23.1 Å². The van der Waals surface area contributed by atoms with Gasteiger partial charge in [-0.1, -0.05) is 35.3 Å². The number of aliphatic carboxylic acids is 1. The number of amides is 1. The van der Waals surface area contributed by atoms with Crippen LogP contribution in [-0.2, 0) is 19.6 Å². The minimum absolute atomic E-state index is 0.106. The summed E-state index contributed by atoms with van der Waals surface area (Å²) in [4.78, 5) is 24.2. The first-order valence-corrected chi connectivity index (χ1v) is 12.6. The number of ether oxygens (including phenoxy) is 1. The van der Waals surface area contributed by atoms with Crippen molar-refractivity contribution in [2.24, 2.45) is 0 Å². The van der Waals surface area contributed by atoms with Crippen molar-refractivity contribution in [2.75, 3.05) is 6.54 Å². The summed E-state index contributed by atoms with van der Waals surface area (Å²) in [6, 6.07) is 9.06. The molecule has 0 aromatic heterocycles. The first kappa shape index (κ1) is 23.8. The van der Waals surface area contributed by atoms with Gasteiger partial charge in [-0.3, -0.25) is 9.59 Å². The number of sulfonamides is 1. The summed E-state index contributed by atoms with van der Waals surface area (Å²) in [7, 11) is -4.01. The van der Waals surface area contributed by atoms with Crippen LogP contribution < -0.4 is 10.1 Å². The number of halogens is 2. The molecule has 2 aromatic rings. The predicted octanol–water partition coefficient (Wildman–Crippen LogP) is 3.63. The monoisotopic (exact) mass is 512 g/mol. The average Bonchev–Trinajstić information content (AvgIpc) is 3.50. The molecule has 2 aromatic carbocycles. The zero-order valence-electron chi connectivity index (χ0n) is 17.4. The minimum atomic E-state index is -4.01. The van der Waals surface area contributed by atoms with E-state index in [1.54, 1.807) is 24.3 Å². The Labute approximate surface area is 201 Å². The molecule has 1 heterocycles.